The zero-order valence-corrected chi connectivity index (χ0v) is 47.6. The number of ketones is 2. The van der Waals surface area contributed by atoms with Crippen molar-refractivity contribution in [1.82, 2.24) is 4.90 Å². The lowest BCUT2D eigenvalue weighted by Crippen LogP contribution is -2.61. The summed E-state index contributed by atoms with van der Waals surface area (Å²) in [6.07, 6.45) is 12.5. The lowest BCUT2D eigenvalue weighted by Gasteiger charge is -2.43. The first-order valence-corrected chi connectivity index (χ1v) is 28.4. The van der Waals surface area contributed by atoms with Crippen LogP contribution in [-0.2, 0) is 47.6 Å². The average molecular weight is 1080 g/mol. The van der Waals surface area contributed by atoms with Crippen LogP contribution >= 0.6 is 0 Å². The summed E-state index contributed by atoms with van der Waals surface area (Å²) < 4.78 is 37.0. The summed E-state index contributed by atoms with van der Waals surface area (Å²) >= 11 is 0. The summed E-state index contributed by atoms with van der Waals surface area (Å²) in [5, 5.41) is 44.4. The fourth-order valence-electron chi connectivity index (χ4n) is 11.6. The zero-order valence-electron chi connectivity index (χ0n) is 47.6. The molecule has 3 heterocycles. The number of benzene rings is 1. The molecule has 77 heavy (non-hydrogen) atoms. The summed E-state index contributed by atoms with van der Waals surface area (Å²) in [7, 11) is 3.19. The lowest BCUT2D eigenvalue weighted by molar-refractivity contribution is -0.266. The fraction of sp³-hybridized carbons (Fsp3) is 0.677. The Labute approximate surface area is 459 Å². The summed E-state index contributed by atoms with van der Waals surface area (Å²) in [5.41, 5.74) is 2.76. The number of aliphatic hydroxyl groups is 4. The largest absolute Gasteiger partial charge is 0.460 e. The van der Waals surface area contributed by atoms with E-state index in [0.29, 0.717) is 62.7 Å². The van der Waals surface area contributed by atoms with E-state index >= 15 is 0 Å². The summed E-state index contributed by atoms with van der Waals surface area (Å²) in [6.45, 7) is 18.1. The molecule has 0 spiro atoms. The topological polar surface area (TPSA) is 208 Å². The van der Waals surface area contributed by atoms with Crippen molar-refractivity contribution in [3.63, 3.8) is 0 Å². The molecule has 1 aromatic carbocycles. The predicted octanol–water partition coefficient (Wildman–Crippen LogP) is 8.68. The first kappa shape index (κ1) is 63.7. The lowest BCUT2D eigenvalue weighted by atomic mass is 9.78. The number of carbonyl (C=O) groups excluding carboxylic acids is 4. The Morgan fingerprint density at radius 3 is 2.31 bits per heavy atom. The highest BCUT2D eigenvalue weighted by atomic mass is 16.6. The molecule has 2 bridgehead atoms. The highest BCUT2D eigenvalue weighted by molar-refractivity contribution is 6.39. The second-order valence-corrected chi connectivity index (χ2v) is 22.7. The molecule has 0 radical (unpaired) electrons. The number of amides is 1. The van der Waals surface area contributed by atoms with Crippen molar-refractivity contribution in [2.45, 2.75) is 193 Å². The molecule has 1 aromatic rings. The van der Waals surface area contributed by atoms with Crippen molar-refractivity contribution in [2.75, 3.05) is 40.6 Å². The number of methoxy groups -OCH3 is 2. The zero-order chi connectivity index (χ0) is 56.4. The van der Waals surface area contributed by atoms with Crippen molar-refractivity contribution in [2.24, 2.45) is 35.5 Å². The van der Waals surface area contributed by atoms with E-state index in [1.165, 1.54) is 12.0 Å². The Hall–Kier alpha value is -4.16. The van der Waals surface area contributed by atoms with Crippen LogP contribution in [0.15, 0.2) is 90.1 Å². The first-order valence-electron chi connectivity index (χ1n) is 28.4. The van der Waals surface area contributed by atoms with Crippen LogP contribution in [0.4, 0.5) is 0 Å². The number of hydrogen-bond donors (Lipinski definition) is 4. The normalized spacial score (nSPS) is 36.4. The van der Waals surface area contributed by atoms with Crippen LogP contribution < -0.4 is 0 Å². The molecule has 2 unspecified atom stereocenters. The number of Topliss-reactive ketones (excluding diaryl/α,β-unsaturated/α-hetero) is 2. The predicted molar refractivity (Wildman–Crippen MR) is 295 cm³/mol. The van der Waals surface area contributed by atoms with Gasteiger partial charge in [0.2, 0.25) is 5.79 Å². The minimum Gasteiger partial charge on any atom is -0.460 e. The molecule has 15 nitrogen and oxygen atoms in total. The third-order valence-electron chi connectivity index (χ3n) is 16.7. The van der Waals surface area contributed by atoms with Crippen LogP contribution in [0, 0.1) is 35.5 Å². The number of cyclic esters (lactones) is 1. The van der Waals surface area contributed by atoms with E-state index in [4.69, 9.17) is 28.4 Å². The van der Waals surface area contributed by atoms with Gasteiger partial charge in [0.1, 0.15) is 36.2 Å². The monoisotopic (exact) mass is 1080 g/mol. The molecule has 1 amide bonds. The molecular formula is C62H93NO14. The van der Waals surface area contributed by atoms with Crippen LogP contribution in [0.3, 0.4) is 0 Å². The fourth-order valence-corrected chi connectivity index (χ4v) is 11.6. The van der Waals surface area contributed by atoms with Gasteiger partial charge in [-0.1, -0.05) is 108 Å². The molecular weight excluding hydrogens is 983 g/mol. The van der Waals surface area contributed by atoms with Gasteiger partial charge in [-0.15, -0.1) is 0 Å². The van der Waals surface area contributed by atoms with Gasteiger partial charge in [0.05, 0.1) is 31.0 Å². The number of hydrogen-bond acceptors (Lipinski definition) is 14. The average Bonchev–Trinajstić information content (AvgIpc) is 3.43. The Kier molecular flexibility index (Phi) is 25.6. The maximum atomic E-state index is 14.7. The van der Waals surface area contributed by atoms with Crippen molar-refractivity contribution >= 4 is 23.4 Å². The van der Waals surface area contributed by atoms with E-state index in [1.807, 2.05) is 68.5 Å². The Morgan fingerprint density at radius 1 is 0.870 bits per heavy atom. The molecule has 3 aliphatic heterocycles. The smallest absolute Gasteiger partial charge is 0.329 e. The Morgan fingerprint density at radius 2 is 1.61 bits per heavy atom. The molecule has 5 rings (SSSR count). The Bertz CT molecular complexity index is 2190. The molecule has 0 aromatic heterocycles. The highest BCUT2D eigenvalue weighted by Crippen LogP contribution is 2.39. The SMILES string of the molecule is C=C1[C@H](C)C[C@H](C)/C=C/C=C/C=C(\C)C(OC[C@@H](O)c2ccccc2)C[C@@H]2CC[C@@H](C)[C@@](O)(O2)C(=O)C(=O)N2CCCCC2C(=O)O[C@H]([C@H](C)C[C@@H]2CC[C@@H](OCCCO)[C@H](OC)C2)CC(=O)[C@H](C)/C=C(\C)[C@@H](O)[C@H]1OC. The van der Waals surface area contributed by atoms with Gasteiger partial charge < -0.3 is 53.7 Å². The molecule has 15 heteroatoms. The Balaban J connectivity index is 1.48. The summed E-state index contributed by atoms with van der Waals surface area (Å²) in [4.78, 5) is 59.3. The number of piperidine rings is 1. The van der Waals surface area contributed by atoms with E-state index < -0.39 is 77.9 Å². The number of esters is 1. The van der Waals surface area contributed by atoms with E-state index in [0.717, 1.165) is 30.4 Å². The van der Waals surface area contributed by atoms with E-state index in [1.54, 1.807) is 34.0 Å². The number of ether oxygens (including phenoxy) is 6. The number of carbonyl (C=O) groups is 4. The maximum absolute atomic E-state index is 14.7. The molecule has 16 atom stereocenters. The van der Waals surface area contributed by atoms with Gasteiger partial charge in [-0.25, -0.2) is 4.79 Å². The number of nitrogens with zero attached hydrogens (tertiary/aromatic N) is 1. The number of rotatable bonds is 13. The molecule has 4 N–H and O–H groups in total. The summed E-state index contributed by atoms with van der Waals surface area (Å²) in [6, 6.07) is 8.03. The molecule has 2 saturated heterocycles. The van der Waals surface area contributed by atoms with Crippen molar-refractivity contribution in [3.05, 3.63) is 95.6 Å². The van der Waals surface area contributed by atoms with Crippen LogP contribution in [0.5, 0.6) is 0 Å². The van der Waals surface area contributed by atoms with Gasteiger partial charge in [-0.2, -0.15) is 0 Å². The third-order valence-corrected chi connectivity index (χ3v) is 16.7. The second kappa shape index (κ2) is 31.0. The number of allylic oxidation sites excluding steroid dienone is 6. The number of fused-ring (bicyclic) bond motifs is 3. The van der Waals surface area contributed by atoms with Crippen LogP contribution in [0.2, 0.25) is 0 Å². The van der Waals surface area contributed by atoms with E-state index in [9.17, 15) is 39.6 Å². The van der Waals surface area contributed by atoms with E-state index in [2.05, 4.69) is 26.5 Å². The van der Waals surface area contributed by atoms with Crippen molar-refractivity contribution in [1.29, 1.82) is 0 Å². The van der Waals surface area contributed by atoms with Gasteiger partial charge in [0, 0.05) is 58.7 Å². The minimum absolute atomic E-state index is 0.0361. The summed E-state index contributed by atoms with van der Waals surface area (Å²) in [5.74, 6) is -7.19. The van der Waals surface area contributed by atoms with Gasteiger partial charge in [-0.3, -0.25) is 14.4 Å². The van der Waals surface area contributed by atoms with Gasteiger partial charge in [-0.05, 0) is 130 Å². The van der Waals surface area contributed by atoms with Crippen LogP contribution in [0.25, 0.3) is 0 Å². The molecule has 4 aliphatic rings. The molecule has 3 fully saturated rings. The molecule has 430 valence electrons. The second-order valence-electron chi connectivity index (χ2n) is 22.7. The van der Waals surface area contributed by atoms with E-state index in [-0.39, 0.29) is 80.7 Å². The first-order chi connectivity index (χ1) is 36.7. The molecule has 1 aliphatic carbocycles. The molecule has 1 saturated carbocycles. The standard InChI is InChI=1S/C62H93NO14/c1-39-20-13-11-14-21-40(2)54(75-38-52(66)48-22-15-12-16-23-48)36-49-27-25-45(7)62(71,77-49)59(68)60(69)63-29-18-17-24-50(63)61(70)76-55(43(5)34-47-26-28-53(56(35-47)72-9)74-31-19-30-64)37-51(65)42(4)33-44(6)57(67)58(73-10)46(8)41(3)32-39/h11-16,20-23,33,39,41-43,45,47,49-50,52-58,64,66-67,71H,8,17-19,24-32,34-38H2,1-7,9-10H3/b14-11+,20-13+,40-21+,44-33+/t39-,41-,42-,43-,45-,47+,49+,50?,52-,53-,54?,55+,56-,57-,58+,62-/m1/s1. The quantitative estimate of drug-likeness (QED) is 0.0631. The van der Waals surface area contributed by atoms with Gasteiger partial charge in [0.25, 0.3) is 11.7 Å². The van der Waals surface area contributed by atoms with Gasteiger partial charge in [0.15, 0.2) is 0 Å². The number of aliphatic hydroxyl groups excluding tert-OH is 3. The third kappa shape index (κ3) is 17.9. The van der Waals surface area contributed by atoms with Crippen LogP contribution in [0.1, 0.15) is 144 Å². The van der Waals surface area contributed by atoms with Crippen LogP contribution in [-0.4, -0.2) is 144 Å². The van der Waals surface area contributed by atoms with Gasteiger partial charge >= 0.3 is 5.97 Å². The highest BCUT2D eigenvalue weighted by Gasteiger charge is 2.53. The van der Waals surface area contributed by atoms with Crippen molar-refractivity contribution < 1.29 is 68.0 Å². The minimum atomic E-state index is -2.50. The maximum Gasteiger partial charge on any atom is 0.329 e. The van der Waals surface area contributed by atoms with Crippen molar-refractivity contribution in [3.8, 4) is 0 Å².